The molecule has 88 valence electrons. The minimum absolute atomic E-state index is 0.00532. The molecule has 0 unspecified atom stereocenters. The monoisotopic (exact) mass is 244 g/mol. The first-order chi connectivity index (χ1) is 7.38. The van der Waals surface area contributed by atoms with E-state index < -0.39 is 21.7 Å². The third-order valence-electron chi connectivity index (χ3n) is 2.04. The van der Waals surface area contributed by atoms with Gasteiger partial charge < -0.3 is 9.84 Å². The molecule has 1 N–H and O–H groups in total. The van der Waals surface area contributed by atoms with Crippen LogP contribution in [0.15, 0.2) is 23.1 Å². The fraction of sp³-hybridized carbons (Fsp3) is 0.300. The van der Waals surface area contributed by atoms with Crippen LogP contribution < -0.4 is 0 Å². The normalized spacial score (nSPS) is 11.4. The summed E-state index contributed by atoms with van der Waals surface area (Å²) in [6.45, 7) is 1.61. The summed E-state index contributed by atoms with van der Waals surface area (Å²) >= 11 is 0. The summed E-state index contributed by atoms with van der Waals surface area (Å²) in [6, 6.07) is 3.97. The summed E-state index contributed by atoms with van der Waals surface area (Å²) in [4.78, 5) is 10.7. The van der Waals surface area contributed by atoms with E-state index in [4.69, 9.17) is 5.11 Å². The van der Waals surface area contributed by atoms with Gasteiger partial charge in [-0.05, 0) is 24.6 Å². The third-order valence-corrected chi connectivity index (χ3v) is 3.70. The maximum absolute atomic E-state index is 11.7. The Bertz CT molecular complexity index is 504. The lowest BCUT2D eigenvalue weighted by molar-refractivity contribution is 0.0696. The molecule has 0 aromatic heterocycles. The van der Waals surface area contributed by atoms with Crippen molar-refractivity contribution >= 4 is 15.8 Å². The van der Waals surface area contributed by atoms with E-state index in [2.05, 4.69) is 4.74 Å². The number of ether oxygens (including phenoxy) is 1. The van der Waals surface area contributed by atoms with E-state index in [-0.39, 0.29) is 10.5 Å². The molecule has 1 aromatic rings. The van der Waals surface area contributed by atoms with E-state index >= 15 is 0 Å². The van der Waals surface area contributed by atoms with Gasteiger partial charge in [0.05, 0.1) is 10.5 Å². The fourth-order valence-corrected chi connectivity index (χ4v) is 2.59. The summed E-state index contributed by atoms with van der Waals surface area (Å²) in [6.07, 6.45) is 0. The Morgan fingerprint density at radius 3 is 2.56 bits per heavy atom. The molecular weight excluding hydrogens is 232 g/mol. The van der Waals surface area contributed by atoms with Gasteiger partial charge in [-0.3, -0.25) is 0 Å². The molecular formula is C10H12O5S. The van der Waals surface area contributed by atoms with Crippen molar-refractivity contribution in [1.82, 2.24) is 0 Å². The number of aryl methyl sites for hydroxylation is 1. The zero-order valence-electron chi connectivity index (χ0n) is 8.93. The maximum atomic E-state index is 11.7. The van der Waals surface area contributed by atoms with Crippen LogP contribution in [0, 0.1) is 6.92 Å². The summed E-state index contributed by atoms with van der Waals surface area (Å²) in [7, 11) is -2.31. The Kier molecular flexibility index (Phi) is 3.66. The number of hydrogen-bond donors (Lipinski definition) is 1. The van der Waals surface area contributed by atoms with Gasteiger partial charge in [-0.1, -0.05) is 6.07 Å². The molecule has 0 saturated carbocycles. The summed E-state index contributed by atoms with van der Waals surface area (Å²) in [5.74, 6) is -1.62. The fourth-order valence-electron chi connectivity index (χ4n) is 1.29. The van der Waals surface area contributed by atoms with E-state index in [1.165, 1.54) is 19.2 Å². The van der Waals surface area contributed by atoms with Crippen LogP contribution in [0.1, 0.15) is 15.9 Å². The smallest absolute Gasteiger partial charge is 0.335 e. The van der Waals surface area contributed by atoms with Crippen LogP contribution in [-0.4, -0.2) is 32.5 Å². The zero-order valence-corrected chi connectivity index (χ0v) is 9.74. The van der Waals surface area contributed by atoms with Crippen molar-refractivity contribution in [2.75, 3.05) is 13.0 Å². The molecule has 0 aliphatic carbocycles. The van der Waals surface area contributed by atoms with Gasteiger partial charge in [0.25, 0.3) is 0 Å². The van der Waals surface area contributed by atoms with Gasteiger partial charge in [-0.2, -0.15) is 0 Å². The topological polar surface area (TPSA) is 80.7 Å². The second-order valence-electron chi connectivity index (χ2n) is 3.31. The molecule has 0 aliphatic rings. The van der Waals surface area contributed by atoms with Crippen molar-refractivity contribution in [1.29, 1.82) is 0 Å². The number of methoxy groups -OCH3 is 1. The number of hydrogen-bond acceptors (Lipinski definition) is 4. The first-order valence-corrected chi connectivity index (χ1v) is 6.09. The molecule has 0 heterocycles. The van der Waals surface area contributed by atoms with Crippen LogP contribution in [0.4, 0.5) is 0 Å². The summed E-state index contributed by atoms with van der Waals surface area (Å²) in [5.41, 5.74) is 0.447. The summed E-state index contributed by atoms with van der Waals surface area (Å²) in [5, 5.41) is 8.77. The lowest BCUT2D eigenvalue weighted by Crippen LogP contribution is -2.11. The lowest BCUT2D eigenvalue weighted by atomic mass is 10.1. The average Bonchev–Trinajstić information content (AvgIpc) is 2.17. The van der Waals surface area contributed by atoms with Crippen LogP contribution in [0.5, 0.6) is 0 Å². The van der Waals surface area contributed by atoms with E-state index in [0.29, 0.717) is 5.56 Å². The minimum Gasteiger partial charge on any atom is -0.478 e. The molecule has 1 aromatic carbocycles. The van der Waals surface area contributed by atoms with Gasteiger partial charge in [0, 0.05) is 7.11 Å². The highest BCUT2D eigenvalue weighted by molar-refractivity contribution is 7.91. The number of carbonyl (C=O) groups is 1. The Balaban J connectivity index is 3.33. The van der Waals surface area contributed by atoms with Crippen LogP contribution in [0.25, 0.3) is 0 Å². The number of carboxylic acid groups (broad SMARTS) is 1. The predicted octanol–water partition coefficient (Wildman–Crippen LogP) is 1.07. The van der Waals surface area contributed by atoms with Crippen molar-refractivity contribution in [3.05, 3.63) is 29.3 Å². The first-order valence-electron chi connectivity index (χ1n) is 4.44. The Morgan fingerprint density at radius 1 is 1.44 bits per heavy atom. The van der Waals surface area contributed by atoms with Gasteiger partial charge in [0.2, 0.25) is 9.84 Å². The van der Waals surface area contributed by atoms with Gasteiger partial charge in [-0.25, -0.2) is 13.2 Å². The predicted molar refractivity (Wildman–Crippen MR) is 57.2 cm³/mol. The Hall–Kier alpha value is -1.40. The molecule has 0 radical (unpaired) electrons. The quantitative estimate of drug-likeness (QED) is 0.856. The molecule has 16 heavy (non-hydrogen) atoms. The molecule has 6 heteroatoms. The van der Waals surface area contributed by atoms with E-state index in [1.54, 1.807) is 6.92 Å². The molecule has 0 saturated heterocycles. The van der Waals surface area contributed by atoms with Crippen molar-refractivity contribution in [2.45, 2.75) is 11.8 Å². The number of sulfone groups is 1. The maximum Gasteiger partial charge on any atom is 0.335 e. The molecule has 0 atom stereocenters. The second-order valence-corrected chi connectivity index (χ2v) is 5.21. The van der Waals surface area contributed by atoms with Gasteiger partial charge in [-0.15, -0.1) is 0 Å². The number of benzene rings is 1. The molecule has 5 nitrogen and oxygen atoms in total. The van der Waals surface area contributed by atoms with E-state index in [1.807, 2.05) is 0 Å². The van der Waals surface area contributed by atoms with Gasteiger partial charge >= 0.3 is 5.97 Å². The molecule has 0 amide bonds. The molecule has 0 bridgehead atoms. The first kappa shape index (κ1) is 12.7. The lowest BCUT2D eigenvalue weighted by Gasteiger charge is -2.07. The van der Waals surface area contributed by atoms with Crippen LogP contribution in [0.2, 0.25) is 0 Å². The number of carboxylic acids is 1. The zero-order chi connectivity index (χ0) is 12.3. The largest absolute Gasteiger partial charge is 0.478 e. The van der Waals surface area contributed by atoms with Crippen molar-refractivity contribution in [2.24, 2.45) is 0 Å². The third kappa shape index (κ3) is 2.59. The number of aromatic carboxylic acids is 1. The molecule has 0 spiro atoms. The van der Waals surface area contributed by atoms with Crippen LogP contribution in [-0.2, 0) is 14.6 Å². The highest BCUT2D eigenvalue weighted by Crippen LogP contribution is 2.18. The molecule has 1 rings (SSSR count). The molecule has 0 aliphatic heterocycles. The van der Waals surface area contributed by atoms with Crippen molar-refractivity contribution < 1.29 is 23.1 Å². The molecule has 0 fully saturated rings. The minimum atomic E-state index is -3.58. The SMILES string of the molecule is COCS(=O)(=O)c1cc(C(=O)O)ccc1C. The van der Waals surface area contributed by atoms with E-state index in [0.717, 1.165) is 6.07 Å². The Morgan fingerprint density at radius 2 is 2.06 bits per heavy atom. The van der Waals surface area contributed by atoms with Crippen LogP contribution in [0.3, 0.4) is 0 Å². The van der Waals surface area contributed by atoms with Crippen LogP contribution >= 0.6 is 0 Å². The highest BCUT2D eigenvalue weighted by atomic mass is 32.2. The average molecular weight is 244 g/mol. The van der Waals surface area contributed by atoms with Gasteiger partial charge in [0.15, 0.2) is 5.94 Å². The Labute approximate surface area is 93.6 Å². The standard InChI is InChI=1S/C10H12O5S/c1-7-3-4-8(10(11)12)5-9(7)16(13,14)6-15-2/h3-5H,6H2,1-2H3,(H,11,12). The highest BCUT2D eigenvalue weighted by Gasteiger charge is 2.18. The van der Waals surface area contributed by atoms with E-state index in [9.17, 15) is 13.2 Å². The second kappa shape index (κ2) is 4.63. The van der Waals surface area contributed by atoms with Crippen molar-refractivity contribution in [3.63, 3.8) is 0 Å². The van der Waals surface area contributed by atoms with Crippen molar-refractivity contribution in [3.8, 4) is 0 Å². The van der Waals surface area contributed by atoms with Gasteiger partial charge in [0.1, 0.15) is 0 Å². The number of rotatable bonds is 4. The summed E-state index contributed by atoms with van der Waals surface area (Å²) < 4.78 is 28.0.